The van der Waals surface area contributed by atoms with Crippen molar-refractivity contribution in [3.63, 3.8) is 0 Å². The van der Waals surface area contributed by atoms with Crippen molar-refractivity contribution >= 4 is 11.9 Å². The van der Waals surface area contributed by atoms with Gasteiger partial charge in [-0.3, -0.25) is 9.80 Å². The predicted octanol–water partition coefficient (Wildman–Crippen LogP) is 3.03. The van der Waals surface area contributed by atoms with E-state index in [4.69, 9.17) is 34.0 Å². The SMILES string of the molecule is COc1ccc(CN2CCN(Cc3nccn3C)CC2)c(OC)c1OC.O=C(O)C(F)(F)F.O=C(O)C(F)(F)F. The molecule has 40 heavy (non-hydrogen) atoms. The molecule has 0 saturated carbocycles. The van der Waals surface area contributed by atoms with Crippen LogP contribution in [0.25, 0.3) is 0 Å². The van der Waals surface area contributed by atoms with Gasteiger partial charge < -0.3 is 29.0 Å². The average molecular weight is 589 g/mol. The molecular weight excluding hydrogens is 558 g/mol. The van der Waals surface area contributed by atoms with Crippen LogP contribution in [0.4, 0.5) is 26.3 Å². The molecule has 1 saturated heterocycles. The van der Waals surface area contributed by atoms with Crippen LogP contribution < -0.4 is 14.2 Å². The van der Waals surface area contributed by atoms with E-state index < -0.39 is 24.3 Å². The Morgan fingerprint density at radius 3 is 1.62 bits per heavy atom. The van der Waals surface area contributed by atoms with Crippen molar-refractivity contribution in [2.24, 2.45) is 7.05 Å². The standard InChI is InChI=1S/C19H28N4O3.2C2HF3O2/c1-21-8-7-20-17(21)14-23-11-9-22(10-12-23)13-15-5-6-16(24-2)19(26-4)18(15)25-3;2*3-2(4,5)1(6)7/h5-8H,9-14H2,1-4H3;2*(H,6,7). The monoisotopic (exact) mass is 588 g/mol. The molecule has 0 bridgehead atoms. The summed E-state index contributed by atoms with van der Waals surface area (Å²) in [4.78, 5) is 27.1. The summed E-state index contributed by atoms with van der Waals surface area (Å²) in [5.41, 5.74) is 1.11. The van der Waals surface area contributed by atoms with Crippen molar-refractivity contribution in [1.82, 2.24) is 19.4 Å². The maximum atomic E-state index is 10.6. The molecule has 3 rings (SSSR count). The number of alkyl halides is 6. The summed E-state index contributed by atoms with van der Waals surface area (Å²) in [5.74, 6) is -2.31. The van der Waals surface area contributed by atoms with E-state index in [2.05, 4.69) is 25.4 Å². The number of carboxylic acid groups (broad SMARTS) is 2. The summed E-state index contributed by atoms with van der Waals surface area (Å²) in [6, 6.07) is 3.99. The molecule has 1 aliphatic rings. The number of hydrogen-bond donors (Lipinski definition) is 2. The Kier molecular flexibility index (Phi) is 13.0. The molecule has 0 amide bonds. The van der Waals surface area contributed by atoms with Crippen LogP contribution >= 0.6 is 0 Å². The van der Waals surface area contributed by atoms with Crippen LogP contribution in [-0.2, 0) is 29.7 Å². The number of aliphatic carboxylic acids is 2. The second kappa shape index (κ2) is 15.2. The highest BCUT2D eigenvalue weighted by molar-refractivity contribution is 5.73. The molecule has 1 aromatic carbocycles. The fourth-order valence-corrected chi connectivity index (χ4v) is 3.38. The number of piperazine rings is 1. The number of carboxylic acids is 2. The van der Waals surface area contributed by atoms with Crippen LogP contribution in [0.15, 0.2) is 24.5 Å². The summed E-state index contributed by atoms with van der Waals surface area (Å²) in [5, 5.41) is 14.2. The Balaban J connectivity index is 0.000000473. The second-order valence-electron chi connectivity index (χ2n) is 8.11. The Morgan fingerprint density at radius 2 is 1.27 bits per heavy atom. The molecule has 1 aliphatic heterocycles. The summed E-state index contributed by atoms with van der Waals surface area (Å²) >= 11 is 0. The highest BCUT2D eigenvalue weighted by atomic mass is 19.4. The molecule has 226 valence electrons. The van der Waals surface area contributed by atoms with E-state index in [9.17, 15) is 26.3 Å². The molecular formula is C23H30F6N4O7. The zero-order valence-electron chi connectivity index (χ0n) is 22.0. The lowest BCUT2D eigenvalue weighted by Crippen LogP contribution is -2.45. The maximum absolute atomic E-state index is 10.6. The summed E-state index contributed by atoms with van der Waals surface area (Å²) < 4.78 is 82.0. The van der Waals surface area contributed by atoms with Gasteiger partial charge in [-0.15, -0.1) is 0 Å². The van der Waals surface area contributed by atoms with Crippen molar-refractivity contribution < 1.29 is 60.4 Å². The lowest BCUT2D eigenvalue weighted by atomic mass is 10.1. The number of imidazole rings is 1. The van der Waals surface area contributed by atoms with Gasteiger partial charge >= 0.3 is 24.3 Å². The molecule has 2 aromatic rings. The number of halogens is 6. The van der Waals surface area contributed by atoms with Crippen LogP contribution in [0, 0.1) is 0 Å². The number of ether oxygens (including phenoxy) is 3. The molecule has 1 fully saturated rings. The first-order chi connectivity index (χ1) is 18.5. The van der Waals surface area contributed by atoms with Crippen LogP contribution in [0.1, 0.15) is 11.4 Å². The van der Waals surface area contributed by atoms with Gasteiger partial charge in [-0.25, -0.2) is 14.6 Å². The van der Waals surface area contributed by atoms with Gasteiger partial charge in [0.15, 0.2) is 11.5 Å². The van der Waals surface area contributed by atoms with E-state index in [1.807, 2.05) is 25.5 Å². The van der Waals surface area contributed by atoms with Crippen LogP contribution in [0.5, 0.6) is 17.2 Å². The number of benzene rings is 1. The van der Waals surface area contributed by atoms with E-state index in [1.165, 1.54) is 0 Å². The minimum atomic E-state index is -5.08. The molecule has 2 heterocycles. The number of hydrogen-bond acceptors (Lipinski definition) is 8. The smallest absolute Gasteiger partial charge is 0.490 e. The molecule has 0 atom stereocenters. The van der Waals surface area contributed by atoms with Crippen molar-refractivity contribution in [2.45, 2.75) is 25.4 Å². The Morgan fingerprint density at radius 1 is 0.825 bits per heavy atom. The van der Waals surface area contributed by atoms with E-state index in [0.717, 1.165) is 56.4 Å². The lowest BCUT2D eigenvalue weighted by molar-refractivity contribution is -0.193. The minimum absolute atomic E-state index is 0.654. The van der Waals surface area contributed by atoms with Gasteiger partial charge in [-0.1, -0.05) is 6.07 Å². The van der Waals surface area contributed by atoms with E-state index in [1.54, 1.807) is 21.3 Å². The van der Waals surface area contributed by atoms with Crippen LogP contribution in [0.2, 0.25) is 0 Å². The number of nitrogens with zero attached hydrogens (tertiary/aromatic N) is 4. The van der Waals surface area contributed by atoms with E-state index in [-0.39, 0.29) is 0 Å². The molecule has 1 aromatic heterocycles. The van der Waals surface area contributed by atoms with Gasteiger partial charge in [0, 0.05) is 57.7 Å². The average Bonchev–Trinajstić information content (AvgIpc) is 3.28. The van der Waals surface area contributed by atoms with Crippen molar-refractivity contribution in [2.75, 3.05) is 47.5 Å². The van der Waals surface area contributed by atoms with Crippen molar-refractivity contribution in [1.29, 1.82) is 0 Å². The Hall–Kier alpha value is -3.73. The van der Waals surface area contributed by atoms with Gasteiger partial charge in [0.2, 0.25) is 5.75 Å². The Bertz CT molecular complexity index is 1080. The molecule has 0 aliphatic carbocycles. The topological polar surface area (TPSA) is 127 Å². The van der Waals surface area contributed by atoms with Gasteiger partial charge in [0.05, 0.1) is 27.9 Å². The second-order valence-corrected chi connectivity index (χ2v) is 8.11. The number of aryl methyl sites for hydroxylation is 1. The zero-order chi connectivity index (χ0) is 30.7. The number of methoxy groups -OCH3 is 3. The molecule has 0 spiro atoms. The normalized spacial score (nSPS) is 14.2. The quantitative estimate of drug-likeness (QED) is 0.466. The lowest BCUT2D eigenvalue weighted by Gasteiger charge is -2.34. The summed E-state index contributed by atoms with van der Waals surface area (Å²) in [6.07, 6.45) is -6.32. The molecule has 0 unspecified atom stereocenters. The highest BCUT2D eigenvalue weighted by Gasteiger charge is 2.38. The fraction of sp³-hybridized carbons (Fsp3) is 0.522. The zero-order valence-corrected chi connectivity index (χ0v) is 22.0. The first-order valence-corrected chi connectivity index (χ1v) is 11.3. The molecule has 2 N–H and O–H groups in total. The highest BCUT2D eigenvalue weighted by Crippen LogP contribution is 2.40. The van der Waals surface area contributed by atoms with E-state index in [0.29, 0.717) is 11.5 Å². The van der Waals surface area contributed by atoms with Crippen LogP contribution in [0.3, 0.4) is 0 Å². The molecule has 17 heteroatoms. The molecule has 0 radical (unpaired) electrons. The largest absolute Gasteiger partial charge is 0.493 e. The summed E-state index contributed by atoms with van der Waals surface area (Å²) in [7, 11) is 6.99. The number of rotatable bonds is 7. The summed E-state index contributed by atoms with van der Waals surface area (Å²) in [6.45, 7) is 5.82. The van der Waals surface area contributed by atoms with Gasteiger partial charge in [-0.2, -0.15) is 26.3 Å². The first kappa shape index (κ1) is 34.3. The van der Waals surface area contributed by atoms with Crippen LogP contribution in [-0.4, -0.2) is 101 Å². The third kappa shape index (κ3) is 10.8. The third-order valence-corrected chi connectivity index (χ3v) is 5.42. The fourth-order valence-electron chi connectivity index (χ4n) is 3.38. The molecule has 11 nitrogen and oxygen atoms in total. The van der Waals surface area contributed by atoms with Crippen molar-refractivity contribution in [3.05, 3.63) is 35.9 Å². The van der Waals surface area contributed by atoms with Gasteiger partial charge in [-0.05, 0) is 6.07 Å². The van der Waals surface area contributed by atoms with E-state index >= 15 is 0 Å². The first-order valence-electron chi connectivity index (χ1n) is 11.3. The number of carbonyl (C=O) groups is 2. The number of aromatic nitrogens is 2. The Labute approximate surface area is 225 Å². The minimum Gasteiger partial charge on any atom is -0.493 e. The predicted molar refractivity (Wildman–Crippen MR) is 127 cm³/mol. The van der Waals surface area contributed by atoms with Gasteiger partial charge in [0.25, 0.3) is 0 Å². The maximum Gasteiger partial charge on any atom is 0.490 e. The third-order valence-electron chi connectivity index (χ3n) is 5.42. The van der Waals surface area contributed by atoms with Gasteiger partial charge in [0.1, 0.15) is 5.82 Å². The van der Waals surface area contributed by atoms with Crippen molar-refractivity contribution in [3.8, 4) is 17.2 Å².